The first-order chi connectivity index (χ1) is 8.83. The minimum absolute atomic E-state index is 0.0389. The third-order valence-corrected chi connectivity index (χ3v) is 5.49. The number of nitrogens with one attached hydrogen (secondary N) is 2. The minimum atomic E-state index is 0.0389. The summed E-state index contributed by atoms with van der Waals surface area (Å²) in [4.78, 5) is 19.5. The standard InChI is InChI=1S/C12H13N3OS2/c16-11(10-7-17-5-6-18-10)15-12-13-8-3-1-2-4-9(8)14-12/h1-4,10H,5-7H2,(H2,13,14,15,16). The summed E-state index contributed by atoms with van der Waals surface area (Å²) < 4.78 is 0. The third kappa shape index (κ3) is 2.49. The van der Waals surface area contributed by atoms with Gasteiger partial charge in [-0.15, -0.1) is 11.8 Å². The van der Waals surface area contributed by atoms with Gasteiger partial charge in [0.2, 0.25) is 11.9 Å². The van der Waals surface area contributed by atoms with E-state index in [-0.39, 0.29) is 11.2 Å². The van der Waals surface area contributed by atoms with Crippen molar-refractivity contribution in [3.8, 4) is 0 Å². The van der Waals surface area contributed by atoms with E-state index in [1.165, 1.54) is 0 Å². The average Bonchev–Trinajstić information content (AvgIpc) is 2.82. The summed E-state index contributed by atoms with van der Waals surface area (Å²) in [5, 5.41) is 2.90. The van der Waals surface area contributed by atoms with E-state index in [9.17, 15) is 4.79 Å². The molecule has 2 aromatic rings. The number of fused-ring (bicyclic) bond motifs is 1. The number of hydrogen-bond acceptors (Lipinski definition) is 4. The van der Waals surface area contributed by atoms with E-state index in [2.05, 4.69) is 15.3 Å². The first kappa shape index (κ1) is 11.9. The third-order valence-electron chi connectivity index (χ3n) is 2.74. The Hall–Kier alpha value is -1.14. The van der Waals surface area contributed by atoms with Crippen LogP contribution in [0.15, 0.2) is 24.3 Å². The molecule has 1 unspecified atom stereocenters. The minimum Gasteiger partial charge on any atom is -0.324 e. The number of aromatic nitrogens is 2. The maximum Gasteiger partial charge on any atom is 0.240 e. The van der Waals surface area contributed by atoms with Gasteiger partial charge < -0.3 is 4.98 Å². The van der Waals surface area contributed by atoms with Crippen molar-refractivity contribution >= 4 is 46.4 Å². The first-order valence-corrected chi connectivity index (χ1v) is 7.98. The van der Waals surface area contributed by atoms with Crippen LogP contribution >= 0.6 is 23.5 Å². The van der Waals surface area contributed by atoms with Gasteiger partial charge >= 0.3 is 0 Å². The number of rotatable bonds is 2. The molecule has 0 spiro atoms. The lowest BCUT2D eigenvalue weighted by Gasteiger charge is -2.19. The Morgan fingerprint density at radius 3 is 3.06 bits per heavy atom. The maximum atomic E-state index is 12.0. The van der Waals surface area contributed by atoms with Gasteiger partial charge in [0.25, 0.3) is 0 Å². The van der Waals surface area contributed by atoms with Crippen LogP contribution in [0.4, 0.5) is 5.95 Å². The number of imidazole rings is 1. The van der Waals surface area contributed by atoms with Crippen molar-refractivity contribution in [3.05, 3.63) is 24.3 Å². The molecule has 2 heterocycles. The fourth-order valence-corrected chi connectivity index (χ4v) is 4.41. The highest BCUT2D eigenvalue weighted by molar-refractivity contribution is 8.07. The summed E-state index contributed by atoms with van der Waals surface area (Å²) in [6.45, 7) is 0. The summed E-state index contributed by atoms with van der Waals surface area (Å²) in [5.41, 5.74) is 1.82. The Kier molecular flexibility index (Phi) is 3.47. The van der Waals surface area contributed by atoms with Crippen LogP contribution in [0, 0.1) is 0 Å². The van der Waals surface area contributed by atoms with Crippen LogP contribution in [0.1, 0.15) is 0 Å². The SMILES string of the molecule is O=C(Nc1nc2ccccc2[nH]1)C1CSCCS1. The van der Waals surface area contributed by atoms with Gasteiger partial charge in [0.1, 0.15) is 0 Å². The molecule has 1 aromatic carbocycles. The van der Waals surface area contributed by atoms with E-state index in [4.69, 9.17) is 0 Å². The van der Waals surface area contributed by atoms with Crippen molar-refractivity contribution < 1.29 is 4.79 Å². The summed E-state index contributed by atoms with van der Waals surface area (Å²) in [6.07, 6.45) is 0. The molecule has 1 atom stereocenters. The normalized spacial score (nSPS) is 19.9. The van der Waals surface area contributed by atoms with E-state index in [0.29, 0.717) is 5.95 Å². The number of para-hydroxylation sites is 2. The number of hydrogen-bond donors (Lipinski definition) is 2. The van der Waals surface area contributed by atoms with Crippen LogP contribution < -0.4 is 5.32 Å². The number of amides is 1. The number of anilines is 1. The molecule has 1 aliphatic rings. The smallest absolute Gasteiger partial charge is 0.240 e. The van der Waals surface area contributed by atoms with Gasteiger partial charge in [0.05, 0.1) is 16.3 Å². The van der Waals surface area contributed by atoms with Crippen LogP contribution in [-0.2, 0) is 4.79 Å². The molecule has 0 bridgehead atoms. The zero-order valence-electron chi connectivity index (χ0n) is 9.68. The Balaban J connectivity index is 1.73. The number of carbonyl (C=O) groups is 1. The molecule has 4 nitrogen and oxygen atoms in total. The molecule has 94 valence electrons. The highest BCUT2D eigenvalue weighted by Gasteiger charge is 2.22. The van der Waals surface area contributed by atoms with Gasteiger partial charge in [0, 0.05) is 17.3 Å². The lowest BCUT2D eigenvalue weighted by molar-refractivity contribution is -0.115. The van der Waals surface area contributed by atoms with Gasteiger partial charge in [0.15, 0.2) is 0 Å². The lowest BCUT2D eigenvalue weighted by Crippen LogP contribution is -2.30. The molecule has 1 saturated heterocycles. The van der Waals surface area contributed by atoms with Gasteiger partial charge in [-0.1, -0.05) is 12.1 Å². The van der Waals surface area contributed by atoms with Crippen molar-refractivity contribution in [2.45, 2.75) is 5.25 Å². The summed E-state index contributed by atoms with van der Waals surface area (Å²) in [6, 6.07) is 7.75. The van der Waals surface area contributed by atoms with E-state index in [1.807, 2.05) is 36.0 Å². The number of thioether (sulfide) groups is 2. The molecular formula is C12H13N3OS2. The quantitative estimate of drug-likeness (QED) is 0.886. The summed E-state index contributed by atoms with van der Waals surface area (Å²) in [7, 11) is 0. The number of nitrogens with zero attached hydrogens (tertiary/aromatic N) is 1. The van der Waals surface area contributed by atoms with Crippen molar-refractivity contribution in [1.82, 2.24) is 9.97 Å². The summed E-state index contributed by atoms with van der Waals surface area (Å²) in [5.74, 6) is 3.65. The van der Waals surface area contributed by atoms with Crippen LogP contribution in [-0.4, -0.2) is 38.4 Å². The highest BCUT2D eigenvalue weighted by atomic mass is 32.2. The molecule has 1 aliphatic heterocycles. The Morgan fingerprint density at radius 1 is 1.39 bits per heavy atom. The molecule has 2 N–H and O–H groups in total. The number of H-pyrrole nitrogens is 1. The molecule has 0 aliphatic carbocycles. The van der Waals surface area contributed by atoms with E-state index < -0.39 is 0 Å². The Labute approximate surface area is 113 Å². The van der Waals surface area contributed by atoms with E-state index in [0.717, 1.165) is 28.3 Å². The fourth-order valence-electron chi connectivity index (χ4n) is 1.85. The van der Waals surface area contributed by atoms with Crippen molar-refractivity contribution in [3.63, 3.8) is 0 Å². The molecule has 6 heteroatoms. The van der Waals surface area contributed by atoms with Crippen molar-refractivity contribution in [2.24, 2.45) is 0 Å². The number of aromatic amines is 1. The van der Waals surface area contributed by atoms with Gasteiger partial charge in [-0.3, -0.25) is 10.1 Å². The first-order valence-electron chi connectivity index (χ1n) is 5.78. The van der Waals surface area contributed by atoms with Gasteiger partial charge in [-0.05, 0) is 12.1 Å². The second-order valence-corrected chi connectivity index (χ2v) is 6.49. The number of carbonyl (C=O) groups excluding carboxylic acids is 1. The second kappa shape index (κ2) is 5.24. The van der Waals surface area contributed by atoms with Crippen LogP contribution in [0.5, 0.6) is 0 Å². The Bertz CT molecular complexity index is 530. The topological polar surface area (TPSA) is 57.8 Å². The van der Waals surface area contributed by atoms with Crippen LogP contribution in [0.2, 0.25) is 0 Å². The monoisotopic (exact) mass is 279 g/mol. The Morgan fingerprint density at radius 2 is 2.28 bits per heavy atom. The number of benzene rings is 1. The molecule has 1 amide bonds. The van der Waals surface area contributed by atoms with Crippen LogP contribution in [0.3, 0.4) is 0 Å². The fraction of sp³-hybridized carbons (Fsp3) is 0.333. The van der Waals surface area contributed by atoms with E-state index >= 15 is 0 Å². The van der Waals surface area contributed by atoms with E-state index in [1.54, 1.807) is 11.8 Å². The molecule has 3 rings (SSSR count). The predicted octanol–water partition coefficient (Wildman–Crippen LogP) is 2.35. The second-order valence-electron chi connectivity index (χ2n) is 4.03. The van der Waals surface area contributed by atoms with Gasteiger partial charge in [-0.2, -0.15) is 11.8 Å². The van der Waals surface area contributed by atoms with Crippen molar-refractivity contribution in [2.75, 3.05) is 22.6 Å². The maximum absolute atomic E-state index is 12.0. The largest absolute Gasteiger partial charge is 0.324 e. The highest BCUT2D eigenvalue weighted by Crippen LogP contribution is 2.25. The molecule has 1 fully saturated rings. The molecular weight excluding hydrogens is 266 g/mol. The zero-order chi connectivity index (χ0) is 12.4. The lowest BCUT2D eigenvalue weighted by atomic mass is 10.3. The summed E-state index contributed by atoms with van der Waals surface area (Å²) >= 11 is 3.56. The average molecular weight is 279 g/mol. The zero-order valence-corrected chi connectivity index (χ0v) is 11.3. The molecule has 1 aromatic heterocycles. The van der Waals surface area contributed by atoms with Gasteiger partial charge in [-0.25, -0.2) is 4.98 Å². The predicted molar refractivity (Wildman–Crippen MR) is 78.3 cm³/mol. The van der Waals surface area contributed by atoms with Crippen LogP contribution in [0.25, 0.3) is 11.0 Å². The molecule has 0 radical (unpaired) electrons. The van der Waals surface area contributed by atoms with Crippen molar-refractivity contribution in [1.29, 1.82) is 0 Å². The molecule has 18 heavy (non-hydrogen) atoms. The molecule has 0 saturated carbocycles.